The molecule has 1 aliphatic heterocycles. The van der Waals surface area contributed by atoms with E-state index in [4.69, 9.17) is 0 Å². The normalized spacial score (nSPS) is 22.9. The van der Waals surface area contributed by atoms with Crippen molar-refractivity contribution in [2.45, 2.75) is 51.0 Å². The summed E-state index contributed by atoms with van der Waals surface area (Å²) in [7, 11) is 3.98. The first-order valence-corrected chi connectivity index (χ1v) is 9.50. The highest BCUT2D eigenvalue weighted by Gasteiger charge is 2.33. The van der Waals surface area contributed by atoms with Crippen LogP contribution in [0.2, 0.25) is 0 Å². The van der Waals surface area contributed by atoms with Crippen molar-refractivity contribution in [2.75, 3.05) is 46.8 Å². The van der Waals surface area contributed by atoms with Gasteiger partial charge < -0.3 is 20.4 Å². The first-order valence-electron chi connectivity index (χ1n) is 9.50. The molecule has 2 rings (SSSR count). The number of rotatable bonds is 8. The molecule has 1 unspecified atom stereocenters. The maximum absolute atomic E-state index is 12.3. The first-order chi connectivity index (χ1) is 11.6. The van der Waals surface area contributed by atoms with Crippen LogP contribution < -0.4 is 10.6 Å². The molecule has 0 aromatic carbocycles. The minimum Gasteiger partial charge on any atom is -0.355 e. The first kappa shape index (κ1) is 19.2. The van der Waals surface area contributed by atoms with Crippen LogP contribution in [0.3, 0.4) is 0 Å². The number of carbonyl (C=O) groups is 2. The summed E-state index contributed by atoms with van der Waals surface area (Å²) in [4.78, 5) is 28.1. The lowest BCUT2D eigenvalue weighted by atomic mass is 10.1. The zero-order valence-electron chi connectivity index (χ0n) is 15.4. The average Bonchev–Trinajstić information content (AvgIpc) is 2.74. The van der Waals surface area contributed by atoms with Crippen LogP contribution in [0.15, 0.2) is 0 Å². The molecule has 2 N–H and O–H groups in total. The van der Waals surface area contributed by atoms with Gasteiger partial charge in [-0.1, -0.05) is 25.7 Å². The number of hydrogen-bond acceptors (Lipinski definition) is 4. The molecule has 0 aromatic heterocycles. The number of likely N-dealkylation sites (tertiary alicyclic amines) is 1. The van der Waals surface area contributed by atoms with Crippen molar-refractivity contribution in [3.8, 4) is 0 Å². The van der Waals surface area contributed by atoms with E-state index in [-0.39, 0.29) is 17.7 Å². The zero-order valence-corrected chi connectivity index (χ0v) is 15.4. The lowest BCUT2D eigenvalue weighted by Gasteiger charge is -2.19. The summed E-state index contributed by atoms with van der Waals surface area (Å²) in [5.41, 5.74) is 0. The van der Waals surface area contributed by atoms with Gasteiger partial charge in [0.05, 0.1) is 5.92 Å². The van der Waals surface area contributed by atoms with E-state index >= 15 is 0 Å². The minimum atomic E-state index is -0.183. The largest absolute Gasteiger partial charge is 0.355 e. The van der Waals surface area contributed by atoms with Gasteiger partial charge in [0.25, 0.3) is 0 Å². The van der Waals surface area contributed by atoms with Crippen LogP contribution in [-0.4, -0.2) is 74.5 Å². The lowest BCUT2D eigenvalue weighted by molar-refractivity contribution is -0.129. The number of nitrogens with zero attached hydrogens (tertiary/aromatic N) is 2. The number of amides is 2. The Morgan fingerprint density at radius 1 is 1.17 bits per heavy atom. The Labute approximate surface area is 146 Å². The molecule has 0 aromatic rings. The highest BCUT2D eigenvalue weighted by molar-refractivity contribution is 5.89. The van der Waals surface area contributed by atoms with Gasteiger partial charge in [-0.2, -0.15) is 0 Å². The lowest BCUT2D eigenvalue weighted by Crippen LogP contribution is -2.40. The van der Waals surface area contributed by atoms with E-state index in [2.05, 4.69) is 15.5 Å². The minimum absolute atomic E-state index is 0.0263. The van der Waals surface area contributed by atoms with E-state index in [0.29, 0.717) is 32.1 Å². The molecule has 2 amide bonds. The van der Waals surface area contributed by atoms with Crippen LogP contribution in [0, 0.1) is 5.92 Å². The summed E-state index contributed by atoms with van der Waals surface area (Å²) in [5.74, 6) is -0.0514. The summed E-state index contributed by atoms with van der Waals surface area (Å²) >= 11 is 0. The maximum atomic E-state index is 12.3. The van der Waals surface area contributed by atoms with Crippen molar-refractivity contribution in [1.29, 1.82) is 0 Å². The fourth-order valence-corrected chi connectivity index (χ4v) is 3.57. The van der Waals surface area contributed by atoms with Crippen molar-refractivity contribution >= 4 is 11.8 Å². The molecule has 1 saturated heterocycles. The van der Waals surface area contributed by atoms with Crippen LogP contribution in [0.25, 0.3) is 0 Å². The molecule has 24 heavy (non-hydrogen) atoms. The fourth-order valence-electron chi connectivity index (χ4n) is 3.57. The SMILES string of the molecule is CN(C)CCN1CC(C(=O)NCCNC2CCCCCC2)CC1=O. The van der Waals surface area contributed by atoms with E-state index in [1.165, 1.54) is 38.5 Å². The summed E-state index contributed by atoms with van der Waals surface area (Å²) in [5, 5.41) is 6.56. The molecular weight excluding hydrogens is 304 g/mol. The molecule has 0 bridgehead atoms. The Hall–Kier alpha value is -1.14. The molecule has 2 fully saturated rings. The highest BCUT2D eigenvalue weighted by atomic mass is 16.2. The molecular formula is C18H34N4O2. The van der Waals surface area contributed by atoms with Gasteiger partial charge in [-0.3, -0.25) is 9.59 Å². The molecule has 6 heteroatoms. The van der Waals surface area contributed by atoms with Crippen molar-refractivity contribution in [1.82, 2.24) is 20.4 Å². The smallest absolute Gasteiger partial charge is 0.225 e. The number of likely N-dealkylation sites (N-methyl/N-ethyl adjacent to an activating group) is 1. The van der Waals surface area contributed by atoms with Crippen molar-refractivity contribution in [3.63, 3.8) is 0 Å². The second kappa shape index (κ2) is 9.99. The number of hydrogen-bond donors (Lipinski definition) is 2. The summed E-state index contributed by atoms with van der Waals surface area (Å²) in [6, 6.07) is 0.610. The Morgan fingerprint density at radius 2 is 1.88 bits per heavy atom. The van der Waals surface area contributed by atoms with Gasteiger partial charge in [0.2, 0.25) is 11.8 Å². The van der Waals surface area contributed by atoms with Crippen LogP contribution in [-0.2, 0) is 9.59 Å². The van der Waals surface area contributed by atoms with Crippen molar-refractivity contribution in [2.24, 2.45) is 5.92 Å². The van der Waals surface area contributed by atoms with Gasteiger partial charge >= 0.3 is 0 Å². The molecule has 1 saturated carbocycles. The van der Waals surface area contributed by atoms with Crippen LogP contribution in [0.5, 0.6) is 0 Å². The molecule has 138 valence electrons. The summed E-state index contributed by atoms with van der Waals surface area (Å²) < 4.78 is 0. The number of nitrogens with one attached hydrogen (secondary N) is 2. The molecule has 1 atom stereocenters. The zero-order chi connectivity index (χ0) is 17.4. The van der Waals surface area contributed by atoms with Crippen molar-refractivity contribution < 1.29 is 9.59 Å². The molecule has 0 radical (unpaired) electrons. The second-order valence-corrected chi connectivity index (χ2v) is 7.48. The summed E-state index contributed by atoms with van der Waals surface area (Å²) in [6.07, 6.45) is 8.21. The van der Waals surface area contributed by atoms with Crippen LogP contribution >= 0.6 is 0 Å². The monoisotopic (exact) mass is 338 g/mol. The van der Waals surface area contributed by atoms with E-state index in [0.717, 1.165) is 13.1 Å². The number of carbonyl (C=O) groups excluding carboxylic acids is 2. The van der Waals surface area contributed by atoms with E-state index in [1.54, 1.807) is 0 Å². The second-order valence-electron chi connectivity index (χ2n) is 7.48. The molecule has 1 heterocycles. The summed E-state index contributed by atoms with van der Waals surface area (Å²) in [6.45, 7) is 3.58. The Kier molecular flexibility index (Phi) is 7.99. The topological polar surface area (TPSA) is 64.7 Å². The van der Waals surface area contributed by atoms with Crippen LogP contribution in [0.1, 0.15) is 44.9 Å². The quantitative estimate of drug-likeness (QED) is 0.508. The van der Waals surface area contributed by atoms with Gasteiger partial charge in [-0.25, -0.2) is 0 Å². The van der Waals surface area contributed by atoms with E-state index in [1.807, 2.05) is 19.0 Å². The third-order valence-corrected chi connectivity index (χ3v) is 5.11. The predicted octanol–water partition coefficient (Wildman–Crippen LogP) is 0.825. The average molecular weight is 338 g/mol. The highest BCUT2D eigenvalue weighted by Crippen LogP contribution is 2.18. The fraction of sp³-hybridized carbons (Fsp3) is 0.889. The van der Waals surface area contributed by atoms with Gasteiger partial charge in [0, 0.05) is 45.2 Å². The van der Waals surface area contributed by atoms with Gasteiger partial charge in [-0.05, 0) is 26.9 Å². The van der Waals surface area contributed by atoms with Crippen LogP contribution in [0.4, 0.5) is 0 Å². The van der Waals surface area contributed by atoms with Gasteiger partial charge in [0.15, 0.2) is 0 Å². The Morgan fingerprint density at radius 3 is 2.54 bits per heavy atom. The van der Waals surface area contributed by atoms with Crippen molar-refractivity contribution in [3.05, 3.63) is 0 Å². The third-order valence-electron chi connectivity index (χ3n) is 5.11. The Balaban J connectivity index is 1.61. The predicted molar refractivity (Wildman–Crippen MR) is 95.7 cm³/mol. The molecule has 1 aliphatic carbocycles. The van der Waals surface area contributed by atoms with Gasteiger partial charge in [0.1, 0.15) is 0 Å². The molecule has 6 nitrogen and oxygen atoms in total. The molecule has 2 aliphatic rings. The third kappa shape index (κ3) is 6.40. The Bertz CT molecular complexity index is 406. The molecule has 0 spiro atoms. The van der Waals surface area contributed by atoms with Gasteiger partial charge in [-0.15, -0.1) is 0 Å². The van der Waals surface area contributed by atoms with E-state index < -0.39 is 0 Å². The van der Waals surface area contributed by atoms with E-state index in [9.17, 15) is 9.59 Å². The maximum Gasteiger partial charge on any atom is 0.225 e. The standard InChI is InChI=1S/C18H34N4O2/c1-21(2)11-12-22-14-15(13-17(22)23)18(24)20-10-9-19-16-7-5-3-4-6-8-16/h15-16,19H,3-14H2,1-2H3,(H,20,24).